The molecule has 0 bridgehead atoms. The molecule has 0 saturated carbocycles. The minimum atomic E-state index is -0.693. The van der Waals surface area contributed by atoms with Gasteiger partial charge in [0.25, 0.3) is 5.69 Å². The number of non-ortho nitro benzene ring substituents is 1. The average molecular weight is 462 g/mol. The number of hydrogen-bond donors (Lipinski definition) is 1. The van der Waals surface area contributed by atoms with E-state index in [-0.39, 0.29) is 41.7 Å². The molecule has 0 spiro atoms. The molecule has 0 saturated heterocycles. The van der Waals surface area contributed by atoms with Crippen molar-refractivity contribution in [2.45, 2.75) is 51.6 Å². The van der Waals surface area contributed by atoms with Crippen LogP contribution in [0.15, 0.2) is 48.5 Å². The Balaban J connectivity index is 2.05. The second-order valence-corrected chi connectivity index (χ2v) is 8.54. The van der Waals surface area contributed by atoms with Gasteiger partial charge in [0.1, 0.15) is 11.9 Å². The van der Waals surface area contributed by atoms with Crippen LogP contribution >= 0.6 is 11.8 Å². The highest BCUT2D eigenvalue weighted by Crippen LogP contribution is 2.19. The highest BCUT2D eigenvalue weighted by atomic mass is 32.2. The van der Waals surface area contributed by atoms with Gasteiger partial charge in [-0.3, -0.25) is 19.7 Å². The summed E-state index contributed by atoms with van der Waals surface area (Å²) in [5.74, 6) is -0.184. The van der Waals surface area contributed by atoms with Gasteiger partial charge in [0.05, 0.1) is 10.7 Å². The Morgan fingerprint density at radius 3 is 2.25 bits per heavy atom. The van der Waals surface area contributed by atoms with Crippen LogP contribution in [-0.4, -0.2) is 39.5 Å². The number of nitrogens with one attached hydrogen (secondary N) is 1. The summed E-state index contributed by atoms with van der Waals surface area (Å²) in [4.78, 5) is 37.5. The van der Waals surface area contributed by atoms with Gasteiger partial charge in [0.2, 0.25) is 11.8 Å². The van der Waals surface area contributed by atoms with Crippen molar-refractivity contribution < 1.29 is 18.9 Å². The number of carbonyl (C=O) groups excluding carboxylic acids is 2. The van der Waals surface area contributed by atoms with Gasteiger partial charge in [0.15, 0.2) is 0 Å². The molecule has 0 aromatic heterocycles. The van der Waals surface area contributed by atoms with Gasteiger partial charge < -0.3 is 10.2 Å². The van der Waals surface area contributed by atoms with Gasteiger partial charge in [0, 0.05) is 30.5 Å². The Hall–Kier alpha value is -2.94. The third kappa shape index (κ3) is 7.64. The van der Waals surface area contributed by atoms with E-state index in [1.807, 2.05) is 13.8 Å². The number of nitro groups is 1. The lowest BCUT2D eigenvalue weighted by molar-refractivity contribution is -0.384. The maximum absolute atomic E-state index is 13.3. The lowest BCUT2D eigenvalue weighted by Crippen LogP contribution is -2.50. The predicted molar refractivity (Wildman–Crippen MR) is 124 cm³/mol. The Labute approximate surface area is 191 Å². The molecule has 0 aliphatic heterocycles. The minimum Gasteiger partial charge on any atom is -0.352 e. The second-order valence-electron chi connectivity index (χ2n) is 7.56. The molecular formula is C23H28FN3O4S. The van der Waals surface area contributed by atoms with E-state index in [2.05, 4.69) is 5.32 Å². The first kappa shape index (κ1) is 25.3. The molecule has 0 fully saturated rings. The van der Waals surface area contributed by atoms with Crippen molar-refractivity contribution in [1.29, 1.82) is 0 Å². The molecule has 2 rings (SSSR count). The zero-order chi connectivity index (χ0) is 23.7. The van der Waals surface area contributed by atoms with E-state index in [9.17, 15) is 24.1 Å². The Morgan fingerprint density at radius 1 is 1.09 bits per heavy atom. The fraction of sp³-hybridized carbons (Fsp3) is 0.391. The molecule has 0 aliphatic rings. The lowest BCUT2D eigenvalue weighted by Gasteiger charge is -2.29. The van der Waals surface area contributed by atoms with Gasteiger partial charge in [-0.05, 0) is 43.5 Å². The summed E-state index contributed by atoms with van der Waals surface area (Å²) in [5.41, 5.74) is 1.60. The number of rotatable bonds is 11. The highest BCUT2D eigenvalue weighted by Gasteiger charge is 2.26. The van der Waals surface area contributed by atoms with E-state index >= 15 is 0 Å². The van der Waals surface area contributed by atoms with Crippen LogP contribution in [0.4, 0.5) is 10.1 Å². The van der Waals surface area contributed by atoms with Gasteiger partial charge in [-0.2, -0.15) is 0 Å². The first-order valence-electron chi connectivity index (χ1n) is 10.4. The number of carbonyl (C=O) groups is 2. The number of nitro benzene ring substituents is 1. The monoisotopic (exact) mass is 461 g/mol. The maximum atomic E-state index is 13.3. The molecule has 2 aromatic rings. The maximum Gasteiger partial charge on any atom is 0.269 e. The number of hydrogen-bond acceptors (Lipinski definition) is 5. The molecule has 9 heteroatoms. The molecule has 1 N–H and O–H groups in total. The quantitative estimate of drug-likeness (QED) is 0.398. The first-order valence-corrected chi connectivity index (χ1v) is 11.5. The Morgan fingerprint density at radius 2 is 1.69 bits per heavy atom. The van der Waals surface area contributed by atoms with Crippen LogP contribution in [0.2, 0.25) is 0 Å². The van der Waals surface area contributed by atoms with Crippen molar-refractivity contribution in [3.63, 3.8) is 0 Å². The topological polar surface area (TPSA) is 92.6 Å². The fourth-order valence-corrected chi connectivity index (χ4v) is 3.76. The van der Waals surface area contributed by atoms with Gasteiger partial charge in [-0.1, -0.05) is 31.2 Å². The van der Waals surface area contributed by atoms with Crippen LogP contribution in [0.1, 0.15) is 38.3 Å². The Bertz CT molecular complexity index is 922. The summed E-state index contributed by atoms with van der Waals surface area (Å²) in [6.45, 7) is 5.73. The summed E-state index contributed by atoms with van der Waals surface area (Å²) in [6, 6.07) is 11.3. The molecule has 0 heterocycles. The van der Waals surface area contributed by atoms with E-state index < -0.39 is 11.0 Å². The Kier molecular flexibility index (Phi) is 9.64. The summed E-state index contributed by atoms with van der Waals surface area (Å²) in [5, 5.41) is 13.7. The van der Waals surface area contributed by atoms with Crippen LogP contribution < -0.4 is 5.32 Å². The van der Waals surface area contributed by atoms with Crippen molar-refractivity contribution in [2.75, 3.05) is 5.75 Å². The SMILES string of the molecule is CC[C@@H](C)NC(=O)[C@H](C)N(Cc1ccc(F)cc1)C(=O)CSCc1ccc([N+](=O)[O-])cc1. The molecular weight excluding hydrogens is 433 g/mol. The van der Waals surface area contributed by atoms with E-state index in [0.29, 0.717) is 5.75 Å². The summed E-state index contributed by atoms with van der Waals surface area (Å²) < 4.78 is 13.3. The van der Waals surface area contributed by atoms with Crippen LogP contribution in [0, 0.1) is 15.9 Å². The molecule has 0 radical (unpaired) electrons. The fourth-order valence-electron chi connectivity index (χ4n) is 2.89. The molecule has 2 amide bonds. The molecule has 172 valence electrons. The molecule has 0 aliphatic carbocycles. The summed E-state index contributed by atoms with van der Waals surface area (Å²) in [6.07, 6.45) is 0.773. The third-order valence-corrected chi connectivity index (χ3v) is 6.06. The zero-order valence-corrected chi connectivity index (χ0v) is 19.2. The van der Waals surface area contributed by atoms with Crippen LogP contribution in [0.5, 0.6) is 0 Å². The van der Waals surface area contributed by atoms with Crippen LogP contribution in [0.25, 0.3) is 0 Å². The molecule has 2 atom stereocenters. The van der Waals surface area contributed by atoms with E-state index in [1.54, 1.807) is 31.2 Å². The average Bonchev–Trinajstić information content (AvgIpc) is 2.78. The smallest absolute Gasteiger partial charge is 0.269 e. The largest absolute Gasteiger partial charge is 0.352 e. The van der Waals surface area contributed by atoms with Gasteiger partial charge >= 0.3 is 0 Å². The second kappa shape index (κ2) is 12.2. The minimum absolute atomic E-state index is 0.00997. The molecule has 2 aromatic carbocycles. The van der Waals surface area contributed by atoms with Crippen molar-refractivity contribution >= 4 is 29.3 Å². The normalized spacial score (nSPS) is 12.6. The number of thioether (sulfide) groups is 1. The summed E-state index contributed by atoms with van der Waals surface area (Å²) in [7, 11) is 0. The van der Waals surface area contributed by atoms with E-state index in [0.717, 1.165) is 17.5 Å². The number of amides is 2. The lowest BCUT2D eigenvalue weighted by atomic mass is 10.1. The predicted octanol–water partition coefficient (Wildman–Crippen LogP) is 4.30. The number of halogens is 1. The highest BCUT2D eigenvalue weighted by molar-refractivity contribution is 7.99. The number of nitrogens with zero attached hydrogens (tertiary/aromatic N) is 2. The first-order chi connectivity index (χ1) is 15.2. The standard InChI is InChI=1S/C23H28FN3O4S/c1-4-16(2)25-23(29)17(3)26(13-18-5-9-20(24)10-6-18)22(28)15-32-14-19-7-11-21(12-8-19)27(30)31/h5-12,16-17H,4,13-15H2,1-3H3,(H,25,29)/t16-,17+/m1/s1. The summed E-state index contributed by atoms with van der Waals surface area (Å²) >= 11 is 1.36. The van der Waals surface area contributed by atoms with E-state index in [1.165, 1.54) is 40.9 Å². The van der Waals surface area contributed by atoms with Gasteiger partial charge in [-0.25, -0.2) is 4.39 Å². The molecule has 0 unspecified atom stereocenters. The van der Waals surface area contributed by atoms with Crippen molar-refractivity contribution in [1.82, 2.24) is 10.2 Å². The van der Waals surface area contributed by atoms with Crippen molar-refractivity contribution in [3.8, 4) is 0 Å². The van der Waals surface area contributed by atoms with Gasteiger partial charge in [-0.15, -0.1) is 11.8 Å². The van der Waals surface area contributed by atoms with Crippen LogP contribution in [0.3, 0.4) is 0 Å². The zero-order valence-electron chi connectivity index (χ0n) is 18.4. The number of benzene rings is 2. The van der Waals surface area contributed by atoms with Crippen molar-refractivity contribution in [2.24, 2.45) is 0 Å². The van der Waals surface area contributed by atoms with Crippen LogP contribution in [-0.2, 0) is 21.9 Å². The van der Waals surface area contributed by atoms with Crippen molar-refractivity contribution in [3.05, 3.63) is 75.6 Å². The van der Waals surface area contributed by atoms with E-state index in [4.69, 9.17) is 0 Å². The third-order valence-electron chi connectivity index (χ3n) is 5.08. The molecule has 32 heavy (non-hydrogen) atoms. The molecule has 7 nitrogen and oxygen atoms in total.